The molecule has 0 aliphatic rings. The molecule has 107 valence electrons. The molecule has 0 amide bonds. The molecule has 0 saturated carbocycles. The van der Waals surface area contributed by atoms with Crippen molar-refractivity contribution in [3.05, 3.63) is 10.1 Å². The number of alkyl halides is 7. The predicted octanol–water partition coefficient (Wildman–Crippen LogP) is 2.44. The summed E-state index contributed by atoms with van der Waals surface area (Å²) in [7, 11) is 0. The summed E-state index contributed by atoms with van der Waals surface area (Å²) in [4.78, 5) is 8.48. The Kier molecular flexibility index (Phi) is 3.92. The van der Waals surface area contributed by atoms with Crippen LogP contribution in [-0.4, -0.2) is 33.8 Å². The van der Waals surface area contributed by atoms with E-state index in [1.165, 1.54) is 0 Å². The molecular weight excluding hydrogens is 281 g/mol. The Hall–Kier alpha value is -1.17. The first-order valence-corrected chi connectivity index (χ1v) is 4.04. The zero-order valence-electron chi connectivity index (χ0n) is 8.76. The van der Waals surface area contributed by atoms with Gasteiger partial charge in [0, 0.05) is 18.8 Å². The van der Waals surface area contributed by atoms with Gasteiger partial charge >= 0.3 is 23.8 Å². The molecule has 0 spiro atoms. The van der Waals surface area contributed by atoms with Crippen LogP contribution in [0.25, 0.3) is 0 Å². The first-order valence-electron chi connectivity index (χ1n) is 4.04. The Morgan fingerprint density at radius 3 is 1.56 bits per heavy atom. The average molecular weight is 287 g/mol. The largest absolute Gasteiger partial charge is 0.461 e. The molecule has 0 bridgehead atoms. The van der Waals surface area contributed by atoms with Crippen molar-refractivity contribution < 1.29 is 40.9 Å². The van der Waals surface area contributed by atoms with Crippen LogP contribution in [0.2, 0.25) is 0 Å². The van der Waals surface area contributed by atoms with Crippen LogP contribution in [0.3, 0.4) is 0 Å². The minimum Gasteiger partial charge on any atom is -0.262 e. The van der Waals surface area contributed by atoms with E-state index in [-0.39, 0.29) is 13.8 Å². The van der Waals surface area contributed by atoms with Crippen molar-refractivity contribution in [3.63, 3.8) is 0 Å². The zero-order valence-corrected chi connectivity index (χ0v) is 8.76. The van der Waals surface area contributed by atoms with E-state index >= 15 is 0 Å². The van der Waals surface area contributed by atoms with Gasteiger partial charge in [0.25, 0.3) is 0 Å². The van der Waals surface area contributed by atoms with Gasteiger partial charge in [0.2, 0.25) is 0 Å². The lowest BCUT2D eigenvalue weighted by atomic mass is 10.2. The van der Waals surface area contributed by atoms with E-state index < -0.39 is 33.8 Å². The molecule has 5 nitrogen and oxygen atoms in total. The summed E-state index contributed by atoms with van der Waals surface area (Å²) >= 11 is 0. The fourth-order valence-electron chi connectivity index (χ4n) is 0.716. The number of halogens is 7. The maximum absolute atomic E-state index is 12.8. The minimum absolute atomic E-state index is 0.167. The van der Waals surface area contributed by atoms with Crippen molar-refractivity contribution in [3.8, 4) is 0 Å². The van der Waals surface area contributed by atoms with Crippen LogP contribution in [0.1, 0.15) is 13.8 Å². The molecule has 0 N–H and O–H groups in total. The van der Waals surface area contributed by atoms with Crippen molar-refractivity contribution in [2.24, 2.45) is 0 Å². The van der Waals surface area contributed by atoms with Crippen LogP contribution in [0.15, 0.2) is 0 Å². The Bertz CT molecular complexity index is 341. The smallest absolute Gasteiger partial charge is 0.262 e. The third kappa shape index (κ3) is 2.34. The molecule has 0 rings (SSSR count). The number of rotatable bonds is 4. The summed E-state index contributed by atoms with van der Waals surface area (Å²) in [6.45, 7) is 0.334. The van der Waals surface area contributed by atoms with E-state index in [9.17, 15) is 46.1 Å². The molecule has 0 aliphatic heterocycles. The lowest BCUT2D eigenvalue weighted by Crippen LogP contribution is -2.66. The second-order valence-corrected chi connectivity index (χ2v) is 3.66. The van der Waals surface area contributed by atoms with E-state index in [0.717, 1.165) is 0 Å². The molecule has 0 atom stereocenters. The average Bonchev–Trinajstić information content (AvgIpc) is 2.13. The lowest BCUT2D eigenvalue weighted by molar-refractivity contribution is -0.649. The quantitative estimate of drug-likeness (QED) is 0.262. The van der Waals surface area contributed by atoms with Gasteiger partial charge in [-0.3, -0.25) is 10.1 Å². The number of hydrogen-bond acceptors (Lipinski definition) is 3. The van der Waals surface area contributed by atoms with Crippen molar-refractivity contribution in [2.75, 3.05) is 0 Å². The van der Waals surface area contributed by atoms with Gasteiger partial charge in [-0.25, -0.2) is 0 Å². The van der Waals surface area contributed by atoms with E-state index in [4.69, 9.17) is 0 Å². The number of hydroxylamine groups is 2. The molecule has 0 fully saturated rings. The van der Waals surface area contributed by atoms with Gasteiger partial charge in [-0.05, 0) is 5.06 Å². The molecule has 0 aromatic heterocycles. The molecule has 0 unspecified atom stereocenters. The Labute approximate surface area is 94.9 Å². The van der Waals surface area contributed by atoms with Crippen molar-refractivity contribution >= 4 is 0 Å². The highest BCUT2D eigenvalue weighted by atomic mass is 19.4. The monoisotopic (exact) mass is 287 g/mol. The minimum atomic E-state index is -6.73. The molecule has 0 aliphatic carbocycles. The van der Waals surface area contributed by atoms with Gasteiger partial charge < -0.3 is 0 Å². The van der Waals surface area contributed by atoms with Gasteiger partial charge in [-0.15, -0.1) is 5.21 Å². The topological polar surface area (TPSA) is 66.3 Å². The van der Waals surface area contributed by atoms with Crippen LogP contribution < -0.4 is 0 Å². The Morgan fingerprint density at radius 1 is 1.00 bits per heavy atom. The zero-order chi connectivity index (χ0) is 15.2. The second kappa shape index (κ2) is 4.19. The summed E-state index contributed by atoms with van der Waals surface area (Å²) in [5.41, 5.74) is -3.36. The van der Waals surface area contributed by atoms with Gasteiger partial charge in [0.05, 0.1) is 0 Å². The molecule has 0 saturated heterocycles. The maximum Gasteiger partial charge on any atom is 0.461 e. The van der Waals surface area contributed by atoms with E-state index in [1.807, 2.05) is 0 Å². The summed E-state index contributed by atoms with van der Waals surface area (Å²) < 4.78 is 85.5. The van der Waals surface area contributed by atoms with E-state index in [2.05, 4.69) is 0 Å². The fourth-order valence-corrected chi connectivity index (χ4v) is 0.716. The standard InChI is InChI=1S/C6H6F7N2O3/c1-3(2,15(17)18)14(16)6(12,13)4(7,8)5(9,10)11/h1-2H3. The molecule has 1 radical (unpaired) electrons. The second-order valence-electron chi connectivity index (χ2n) is 3.66. The van der Waals surface area contributed by atoms with Gasteiger partial charge in [-0.2, -0.15) is 30.7 Å². The van der Waals surface area contributed by atoms with Crippen molar-refractivity contribution in [1.82, 2.24) is 5.06 Å². The van der Waals surface area contributed by atoms with E-state index in [0.29, 0.717) is 0 Å². The van der Waals surface area contributed by atoms with Gasteiger partial charge in [-0.1, -0.05) is 0 Å². The molecule has 0 aromatic carbocycles. The molecular formula is C6H6F7N2O3. The van der Waals surface area contributed by atoms with E-state index in [1.54, 1.807) is 0 Å². The maximum atomic E-state index is 12.8. The summed E-state index contributed by atoms with van der Waals surface area (Å²) in [6, 6.07) is -6.32. The number of nitro groups is 1. The summed E-state index contributed by atoms with van der Waals surface area (Å²) in [5, 5.41) is 18.8. The Morgan fingerprint density at radius 2 is 1.33 bits per heavy atom. The number of nitrogens with zero attached hydrogens (tertiary/aromatic N) is 2. The van der Waals surface area contributed by atoms with Crippen LogP contribution in [0.5, 0.6) is 0 Å². The van der Waals surface area contributed by atoms with Gasteiger partial charge in [0.1, 0.15) is 0 Å². The van der Waals surface area contributed by atoms with Crippen molar-refractivity contribution in [2.45, 2.75) is 37.7 Å². The molecule has 18 heavy (non-hydrogen) atoms. The third-order valence-corrected chi connectivity index (χ3v) is 1.93. The highest BCUT2D eigenvalue weighted by Gasteiger charge is 2.79. The van der Waals surface area contributed by atoms with Crippen molar-refractivity contribution in [1.29, 1.82) is 0 Å². The van der Waals surface area contributed by atoms with Crippen LogP contribution in [-0.2, 0) is 5.21 Å². The first kappa shape index (κ1) is 16.8. The van der Waals surface area contributed by atoms with Crippen LogP contribution in [0.4, 0.5) is 30.7 Å². The summed E-state index contributed by atoms with van der Waals surface area (Å²) in [6.07, 6.45) is -6.73. The normalized spacial score (nSPS) is 15.1. The van der Waals surface area contributed by atoms with Crippen LogP contribution in [0, 0.1) is 10.1 Å². The van der Waals surface area contributed by atoms with Gasteiger partial charge in [0.15, 0.2) is 0 Å². The third-order valence-electron chi connectivity index (χ3n) is 1.93. The highest BCUT2D eigenvalue weighted by Crippen LogP contribution is 2.49. The number of hydrogen-bond donors (Lipinski definition) is 0. The SMILES string of the molecule is CC(C)(N([O])C(F)(F)C(F)(F)C(F)(F)F)[N+](=O)[O-]. The molecule has 12 heteroatoms. The Balaban J connectivity index is 5.60. The highest BCUT2D eigenvalue weighted by molar-refractivity contribution is 4.90. The molecule has 0 heterocycles. The summed E-state index contributed by atoms with van der Waals surface area (Å²) in [5.74, 6) is -6.73. The predicted molar refractivity (Wildman–Crippen MR) is 39.5 cm³/mol. The fraction of sp³-hybridized carbons (Fsp3) is 1.00. The first-order chi connectivity index (χ1) is 7.60. The lowest BCUT2D eigenvalue weighted by Gasteiger charge is -2.34. The molecule has 0 aromatic rings. The van der Waals surface area contributed by atoms with Crippen LogP contribution >= 0.6 is 0 Å².